The summed E-state index contributed by atoms with van der Waals surface area (Å²) in [6.45, 7) is 5.66. The number of carbonyl (C=O) groups is 1. The first-order valence-corrected chi connectivity index (χ1v) is 11.7. The molecule has 0 spiro atoms. The molecule has 0 unspecified atom stereocenters. The van der Waals surface area contributed by atoms with Gasteiger partial charge in [0, 0.05) is 54.8 Å². The molecule has 1 amide bonds. The first-order valence-electron chi connectivity index (χ1n) is 10.9. The summed E-state index contributed by atoms with van der Waals surface area (Å²) in [6, 6.07) is 11.5. The van der Waals surface area contributed by atoms with E-state index in [4.69, 9.17) is 19.2 Å². The van der Waals surface area contributed by atoms with E-state index >= 15 is 0 Å². The predicted molar refractivity (Wildman–Crippen MR) is 130 cm³/mol. The Morgan fingerprint density at radius 2 is 1.61 bits per heavy atom. The summed E-state index contributed by atoms with van der Waals surface area (Å²) in [4.78, 5) is 22.1. The molecule has 1 aliphatic heterocycles. The van der Waals surface area contributed by atoms with Crippen LogP contribution in [0.15, 0.2) is 41.8 Å². The Hall–Kier alpha value is -3.10. The summed E-state index contributed by atoms with van der Waals surface area (Å²) >= 11 is 1.65. The number of hydrogen-bond donors (Lipinski definition) is 0. The van der Waals surface area contributed by atoms with Crippen LogP contribution in [0.1, 0.15) is 21.6 Å². The van der Waals surface area contributed by atoms with Crippen LogP contribution in [0.5, 0.6) is 17.2 Å². The molecule has 0 radical (unpaired) electrons. The highest BCUT2D eigenvalue weighted by atomic mass is 32.1. The van der Waals surface area contributed by atoms with Crippen molar-refractivity contribution >= 4 is 17.2 Å². The Kier molecular flexibility index (Phi) is 7.15. The van der Waals surface area contributed by atoms with Crippen molar-refractivity contribution in [3.63, 3.8) is 0 Å². The number of thiazole rings is 1. The van der Waals surface area contributed by atoms with Crippen LogP contribution >= 0.6 is 11.3 Å². The number of carbonyl (C=O) groups excluding carboxylic acids is 1. The molecular weight excluding hydrogens is 438 g/mol. The highest BCUT2D eigenvalue weighted by molar-refractivity contribution is 7.13. The summed E-state index contributed by atoms with van der Waals surface area (Å²) in [5.74, 6) is 2.16. The number of hydrogen-bond acceptors (Lipinski definition) is 7. The minimum Gasteiger partial charge on any atom is -0.497 e. The second-order valence-electron chi connectivity index (χ2n) is 7.95. The smallest absolute Gasteiger partial charge is 0.254 e. The summed E-state index contributed by atoms with van der Waals surface area (Å²) < 4.78 is 16.1. The third-order valence-corrected chi connectivity index (χ3v) is 6.87. The second-order valence-corrected chi connectivity index (χ2v) is 8.80. The van der Waals surface area contributed by atoms with Crippen LogP contribution in [0, 0.1) is 6.92 Å². The zero-order chi connectivity index (χ0) is 23.4. The molecule has 1 fully saturated rings. The van der Waals surface area contributed by atoms with Crippen LogP contribution < -0.4 is 14.2 Å². The number of piperazine rings is 1. The van der Waals surface area contributed by atoms with Gasteiger partial charge >= 0.3 is 0 Å². The lowest BCUT2D eigenvalue weighted by Gasteiger charge is -2.34. The van der Waals surface area contributed by atoms with Crippen LogP contribution in [0.4, 0.5) is 0 Å². The zero-order valence-electron chi connectivity index (χ0n) is 19.5. The van der Waals surface area contributed by atoms with E-state index in [0.29, 0.717) is 30.2 Å². The molecule has 8 heteroatoms. The van der Waals surface area contributed by atoms with Crippen molar-refractivity contribution < 1.29 is 19.0 Å². The van der Waals surface area contributed by atoms with Gasteiger partial charge in [-0.05, 0) is 43.3 Å². The van der Waals surface area contributed by atoms with E-state index in [1.54, 1.807) is 44.8 Å². The van der Waals surface area contributed by atoms with Crippen molar-refractivity contribution in [2.75, 3.05) is 47.5 Å². The molecule has 0 aliphatic carbocycles. The lowest BCUT2D eigenvalue weighted by molar-refractivity contribution is 0.0626. The van der Waals surface area contributed by atoms with Gasteiger partial charge in [0.05, 0.1) is 27.0 Å². The molecule has 1 aliphatic rings. The van der Waals surface area contributed by atoms with Crippen LogP contribution in [-0.2, 0) is 6.54 Å². The Labute approximate surface area is 198 Å². The first-order chi connectivity index (χ1) is 16.0. The van der Waals surface area contributed by atoms with E-state index in [-0.39, 0.29) is 5.91 Å². The van der Waals surface area contributed by atoms with Crippen molar-refractivity contribution in [1.82, 2.24) is 14.8 Å². The van der Waals surface area contributed by atoms with Crippen molar-refractivity contribution in [3.05, 3.63) is 58.6 Å². The molecule has 4 rings (SSSR count). The van der Waals surface area contributed by atoms with E-state index in [1.807, 2.05) is 36.1 Å². The largest absolute Gasteiger partial charge is 0.497 e. The molecule has 0 saturated carbocycles. The highest BCUT2D eigenvalue weighted by Crippen LogP contribution is 2.30. The maximum absolute atomic E-state index is 13.1. The zero-order valence-corrected chi connectivity index (χ0v) is 20.3. The number of rotatable bonds is 7. The Morgan fingerprint density at radius 1 is 0.970 bits per heavy atom. The average Bonchev–Trinajstić information content (AvgIpc) is 3.32. The minimum absolute atomic E-state index is 0.00157. The highest BCUT2D eigenvalue weighted by Gasteiger charge is 2.24. The second kappa shape index (κ2) is 10.2. The van der Waals surface area contributed by atoms with Gasteiger partial charge in [-0.25, -0.2) is 4.98 Å². The number of methoxy groups -OCH3 is 3. The van der Waals surface area contributed by atoms with Crippen molar-refractivity contribution in [1.29, 1.82) is 0 Å². The SMILES string of the molecule is COc1ccc(-c2nc(CN3CCN(C(=O)c4cc(OC)c(C)c(OC)c4)CC3)cs2)cc1. The Balaban J connectivity index is 1.36. The molecule has 0 bridgehead atoms. The lowest BCUT2D eigenvalue weighted by Crippen LogP contribution is -2.48. The van der Waals surface area contributed by atoms with Gasteiger partial charge in [-0.1, -0.05) is 0 Å². The maximum Gasteiger partial charge on any atom is 0.254 e. The van der Waals surface area contributed by atoms with Crippen LogP contribution in [0.3, 0.4) is 0 Å². The number of aromatic nitrogens is 1. The van der Waals surface area contributed by atoms with E-state index in [2.05, 4.69) is 10.3 Å². The van der Waals surface area contributed by atoms with Crippen molar-refractivity contribution in [2.24, 2.45) is 0 Å². The van der Waals surface area contributed by atoms with Crippen LogP contribution in [-0.4, -0.2) is 68.2 Å². The fourth-order valence-corrected chi connectivity index (χ4v) is 4.79. The van der Waals surface area contributed by atoms with Gasteiger partial charge in [-0.3, -0.25) is 9.69 Å². The number of amides is 1. The maximum atomic E-state index is 13.1. The van der Waals surface area contributed by atoms with E-state index in [9.17, 15) is 4.79 Å². The first kappa shape index (κ1) is 23.1. The molecule has 1 saturated heterocycles. The van der Waals surface area contributed by atoms with E-state index < -0.39 is 0 Å². The Morgan fingerprint density at radius 3 is 2.18 bits per heavy atom. The third kappa shape index (κ3) is 5.12. The van der Waals surface area contributed by atoms with Gasteiger partial charge in [0.2, 0.25) is 0 Å². The minimum atomic E-state index is 0.00157. The molecule has 3 aromatic rings. The van der Waals surface area contributed by atoms with Crippen molar-refractivity contribution in [3.8, 4) is 27.8 Å². The normalized spacial score (nSPS) is 14.2. The van der Waals surface area contributed by atoms with Gasteiger partial charge in [0.15, 0.2) is 0 Å². The molecule has 7 nitrogen and oxygen atoms in total. The van der Waals surface area contributed by atoms with Gasteiger partial charge in [-0.2, -0.15) is 0 Å². The van der Waals surface area contributed by atoms with Gasteiger partial charge in [-0.15, -0.1) is 11.3 Å². The number of ether oxygens (including phenoxy) is 3. The topological polar surface area (TPSA) is 64.1 Å². The fourth-order valence-electron chi connectivity index (χ4n) is 3.98. The van der Waals surface area contributed by atoms with Gasteiger partial charge in [0.25, 0.3) is 5.91 Å². The molecule has 1 aromatic heterocycles. The molecule has 33 heavy (non-hydrogen) atoms. The van der Waals surface area contributed by atoms with E-state index in [0.717, 1.165) is 47.2 Å². The van der Waals surface area contributed by atoms with Gasteiger partial charge < -0.3 is 19.1 Å². The standard InChI is InChI=1S/C25H29N3O4S/c1-17-22(31-3)13-19(14-23(17)32-4)25(29)28-11-9-27(10-12-28)15-20-16-33-24(26-20)18-5-7-21(30-2)8-6-18/h5-8,13-14,16H,9-12,15H2,1-4H3. The van der Waals surface area contributed by atoms with E-state index in [1.165, 1.54) is 0 Å². The predicted octanol–water partition coefficient (Wildman–Crippen LogP) is 4.10. The Bertz CT molecular complexity index is 1080. The van der Waals surface area contributed by atoms with Gasteiger partial charge in [0.1, 0.15) is 22.3 Å². The molecule has 2 heterocycles. The summed E-state index contributed by atoms with van der Waals surface area (Å²) in [5.41, 5.74) is 3.62. The monoisotopic (exact) mass is 467 g/mol. The number of nitrogens with zero attached hydrogens (tertiary/aromatic N) is 3. The van der Waals surface area contributed by atoms with Crippen molar-refractivity contribution in [2.45, 2.75) is 13.5 Å². The summed E-state index contributed by atoms with van der Waals surface area (Å²) in [6.07, 6.45) is 0. The van der Waals surface area contributed by atoms with Crippen LogP contribution in [0.25, 0.3) is 10.6 Å². The average molecular weight is 468 g/mol. The summed E-state index contributed by atoms with van der Waals surface area (Å²) in [7, 11) is 4.87. The molecular formula is C25H29N3O4S. The lowest BCUT2D eigenvalue weighted by atomic mass is 10.1. The summed E-state index contributed by atoms with van der Waals surface area (Å²) in [5, 5.41) is 3.12. The number of benzene rings is 2. The molecule has 2 aromatic carbocycles. The molecule has 0 atom stereocenters. The molecule has 174 valence electrons. The quantitative estimate of drug-likeness (QED) is 0.521. The third-order valence-electron chi connectivity index (χ3n) is 5.93. The fraction of sp³-hybridized carbons (Fsp3) is 0.360. The molecule has 0 N–H and O–H groups in total. The van der Waals surface area contributed by atoms with Crippen LogP contribution in [0.2, 0.25) is 0 Å².